The fraction of sp³-hybridized carbons (Fsp3) is 0.156. The van der Waals surface area contributed by atoms with E-state index in [4.69, 9.17) is 4.74 Å². The van der Waals surface area contributed by atoms with Gasteiger partial charge in [-0.3, -0.25) is 4.57 Å². The van der Waals surface area contributed by atoms with Crippen LogP contribution in [-0.4, -0.2) is 27.9 Å². The van der Waals surface area contributed by atoms with Crippen molar-refractivity contribution < 1.29 is 13.9 Å². The molecule has 1 heterocycles. The van der Waals surface area contributed by atoms with Crippen molar-refractivity contribution >= 4 is 23.5 Å². The number of ether oxygens (including phenoxy) is 1. The molecule has 0 fully saturated rings. The van der Waals surface area contributed by atoms with Gasteiger partial charge >= 0.3 is 6.03 Å². The molecule has 2 N–H and O–H groups in total. The van der Waals surface area contributed by atoms with Gasteiger partial charge in [0.2, 0.25) is 0 Å². The second-order valence-electron chi connectivity index (χ2n) is 9.50. The number of hydrogen-bond donors (Lipinski definition) is 2. The maximum Gasteiger partial charge on any atom is 0.319 e. The molecule has 9 heteroatoms. The number of carbonyl (C=O) groups excluding carboxylic acids is 1. The zero-order valence-electron chi connectivity index (χ0n) is 22.8. The van der Waals surface area contributed by atoms with E-state index in [2.05, 4.69) is 20.8 Å². The Morgan fingerprint density at radius 2 is 1.68 bits per heavy atom. The molecule has 2 amide bonds. The zero-order valence-corrected chi connectivity index (χ0v) is 23.6. The van der Waals surface area contributed by atoms with Gasteiger partial charge in [-0.15, -0.1) is 10.2 Å². The number of aromatic nitrogens is 3. The highest BCUT2D eigenvalue weighted by atomic mass is 32.2. The Kier molecular flexibility index (Phi) is 8.95. The molecule has 4 aromatic carbocycles. The molecule has 0 aliphatic heterocycles. The number of benzene rings is 4. The first-order chi connectivity index (χ1) is 20.0. The molecule has 208 valence electrons. The fourth-order valence-corrected chi connectivity index (χ4v) is 5.26. The minimum Gasteiger partial charge on any atom is -0.497 e. The summed E-state index contributed by atoms with van der Waals surface area (Å²) in [6.07, 6.45) is 0.499. The van der Waals surface area contributed by atoms with Crippen molar-refractivity contribution in [3.63, 3.8) is 0 Å². The molecule has 5 rings (SSSR count). The summed E-state index contributed by atoms with van der Waals surface area (Å²) in [5, 5.41) is 15.8. The molecular weight excluding hydrogens is 537 g/mol. The Labute approximate surface area is 242 Å². The number of rotatable bonds is 10. The van der Waals surface area contributed by atoms with Crippen molar-refractivity contribution in [1.82, 2.24) is 20.1 Å². The highest BCUT2D eigenvalue weighted by molar-refractivity contribution is 7.98. The molecule has 0 saturated carbocycles. The molecule has 0 aliphatic rings. The lowest BCUT2D eigenvalue weighted by Crippen LogP contribution is -2.35. The minimum absolute atomic E-state index is 0.272. The number of halogens is 1. The van der Waals surface area contributed by atoms with Gasteiger partial charge in [-0.1, -0.05) is 78.0 Å². The van der Waals surface area contributed by atoms with Crippen LogP contribution in [0.4, 0.5) is 14.9 Å². The molecule has 0 bridgehead atoms. The summed E-state index contributed by atoms with van der Waals surface area (Å²) in [6, 6.07) is 30.8. The number of anilines is 1. The average Bonchev–Trinajstić information content (AvgIpc) is 3.41. The third-order valence-electron chi connectivity index (χ3n) is 6.46. The largest absolute Gasteiger partial charge is 0.497 e. The summed E-state index contributed by atoms with van der Waals surface area (Å²) in [5.74, 6) is 1.55. The Hall–Kier alpha value is -4.63. The summed E-state index contributed by atoms with van der Waals surface area (Å²) >= 11 is 1.50. The number of amides is 2. The highest BCUT2D eigenvalue weighted by Crippen LogP contribution is 2.29. The number of nitrogens with zero attached hydrogens (tertiary/aromatic N) is 3. The van der Waals surface area contributed by atoms with Crippen molar-refractivity contribution in [2.75, 3.05) is 12.4 Å². The molecule has 5 aromatic rings. The standard InChI is InChI=1S/C32H30FN5O2S/c1-22-11-17-27(18-12-22)38-30(36-37-32(38)41-21-24-13-15-25(33)16-14-24)29(19-23-7-4-3-5-8-23)35-31(39)34-26-9-6-10-28(20-26)40-2/h3-18,20,29H,19,21H2,1-2H3,(H2,34,35,39). The van der Waals surface area contributed by atoms with E-state index in [0.29, 0.717) is 34.6 Å². The van der Waals surface area contributed by atoms with Crippen LogP contribution in [0.25, 0.3) is 5.69 Å². The third-order valence-corrected chi connectivity index (χ3v) is 7.46. The Bertz CT molecular complexity index is 1590. The average molecular weight is 568 g/mol. The van der Waals surface area contributed by atoms with Crippen molar-refractivity contribution in [2.45, 2.75) is 30.3 Å². The van der Waals surface area contributed by atoms with Gasteiger partial charge in [-0.05, 0) is 54.4 Å². The van der Waals surface area contributed by atoms with Gasteiger partial charge in [0.05, 0.1) is 13.2 Å². The van der Waals surface area contributed by atoms with Crippen LogP contribution in [0.5, 0.6) is 5.75 Å². The summed E-state index contributed by atoms with van der Waals surface area (Å²) in [4.78, 5) is 13.3. The fourth-order valence-electron chi connectivity index (χ4n) is 4.35. The van der Waals surface area contributed by atoms with Gasteiger partial charge in [-0.25, -0.2) is 9.18 Å². The number of carbonyl (C=O) groups is 1. The lowest BCUT2D eigenvalue weighted by molar-refractivity contribution is 0.247. The van der Waals surface area contributed by atoms with Gasteiger partial charge in [0, 0.05) is 29.6 Å². The number of urea groups is 1. The van der Waals surface area contributed by atoms with E-state index < -0.39 is 6.04 Å². The molecule has 0 aliphatic carbocycles. The number of methoxy groups -OCH3 is 1. The Morgan fingerprint density at radius 1 is 0.927 bits per heavy atom. The monoisotopic (exact) mass is 567 g/mol. The first kappa shape index (κ1) is 27.9. The van der Waals surface area contributed by atoms with E-state index >= 15 is 0 Å². The van der Waals surface area contributed by atoms with E-state index in [9.17, 15) is 9.18 Å². The van der Waals surface area contributed by atoms with Crippen LogP contribution >= 0.6 is 11.8 Å². The maximum atomic E-state index is 13.4. The topological polar surface area (TPSA) is 81.1 Å². The second kappa shape index (κ2) is 13.1. The van der Waals surface area contributed by atoms with Crippen molar-refractivity contribution in [1.29, 1.82) is 0 Å². The van der Waals surface area contributed by atoms with Crippen LogP contribution in [0.1, 0.15) is 28.6 Å². The van der Waals surface area contributed by atoms with Crippen LogP contribution in [0.15, 0.2) is 108 Å². The van der Waals surface area contributed by atoms with E-state index in [0.717, 1.165) is 22.4 Å². The third kappa shape index (κ3) is 7.32. The molecule has 7 nitrogen and oxygen atoms in total. The summed E-state index contributed by atoms with van der Waals surface area (Å²) in [7, 11) is 1.58. The molecule has 1 unspecified atom stereocenters. The van der Waals surface area contributed by atoms with E-state index in [1.807, 2.05) is 78.2 Å². The van der Waals surface area contributed by atoms with Crippen molar-refractivity contribution in [3.8, 4) is 11.4 Å². The minimum atomic E-state index is -0.503. The first-order valence-electron chi connectivity index (χ1n) is 13.1. The van der Waals surface area contributed by atoms with E-state index in [1.54, 1.807) is 31.4 Å². The van der Waals surface area contributed by atoms with Gasteiger partial charge in [0.1, 0.15) is 11.6 Å². The zero-order chi connectivity index (χ0) is 28.6. The normalized spacial score (nSPS) is 11.6. The molecule has 1 aromatic heterocycles. The quantitative estimate of drug-likeness (QED) is 0.176. The molecular formula is C32H30FN5O2S. The van der Waals surface area contributed by atoms with Gasteiger partial charge < -0.3 is 15.4 Å². The smallest absolute Gasteiger partial charge is 0.319 e. The predicted molar refractivity (Wildman–Crippen MR) is 160 cm³/mol. The molecule has 0 spiro atoms. The van der Waals surface area contributed by atoms with Crippen LogP contribution in [-0.2, 0) is 12.2 Å². The SMILES string of the molecule is COc1cccc(NC(=O)NC(Cc2ccccc2)c2nnc(SCc3ccc(F)cc3)n2-c2ccc(C)cc2)c1. The number of hydrogen-bond acceptors (Lipinski definition) is 5. The number of aryl methyl sites for hydroxylation is 1. The number of nitrogens with one attached hydrogen (secondary N) is 2. The second-order valence-corrected chi connectivity index (χ2v) is 10.4. The van der Waals surface area contributed by atoms with Crippen LogP contribution in [0.2, 0.25) is 0 Å². The van der Waals surface area contributed by atoms with Gasteiger partial charge in [-0.2, -0.15) is 0 Å². The summed E-state index contributed by atoms with van der Waals surface area (Å²) in [5.41, 5.74) is 4.62. The maximum absolute atomic E-state index is 13.4. The van der Waals surface area contributed by atoms with Crippen LogP contribution < -0.4 is 15.4 Å². The van der Waals surface area contributed by atoms with E-state index in [-0.39, 0.29) is 11.8 Å². The van der Waals surface area contributed by atoms with Gasteiger partial charge in [0.15, 0.2) is 11.0 Å². The lowest BCUT2D eigenvalue weighted by atomic mass is 10.1. The highest BCUT2D eigenvalue weighted by Gasteiger charge is 2.25. The van der Waals surface area contributed by atoms with Crippen LogP contribution in [0.3, 0.4) is 0 Å². The molecule has 1 atom stereocenters. The molecule has 0 saturated heterocycles. The summed E-state index contributed by atoms with van der Waals surface area (Å²) in [6.45, 7) is 2.03. The predicted octanol–water partition coefficient (Wildman–Crippen LogP) is 7.12. The van der Waals surface area contributed by atoms with E-state index in [1.165, 1.54) is 23.9 Å². The van der Waals surface area contributed by atoms with Crippen molar-refractivity contribution in [2.24, 2.45) is 0 Å². The lowest BCUT2D eigenvalue weighted by Gasteiger charge is -2.21. The van der Waals surface area contributed by atoms with Crippen LogP contribution in [0, 0.1) is 12.7 Å². The van der Waals surface area contributed by atoms with Crippen molar-refractivity contribution in [3.05, 3.63) is 131 Å². The molecule has 41 heavy (non-hydrogen) atoms. The first-order valence-corrected chi connectivity index (χ1v) is 14.1. The molecule has 0 radical (unpaired) electrons. The number of thioether (sulfide) groups is 1. The Balaban J connectivity index is 1.48. The Morgan fingerprint density at radius 3 is 2.41 bits per heavy atom. The van der Waals surface area contributed by atoms with Gasteiger partial charge in [0.25, 0.3) is 0 Å². The summed E-state index contributed by atoms with van der Waals surface area (Å²) < 4.78 is 20.7.